The Bertz CT molecular complexity index is 457. The number of benzene rings is 1. The fourth-order valence-electron chi connectivity index (χ4n) is 2.45. The molecule has 2 unspecified atom stereocenters. The summed E-state index contributed by atoms with van der Waals surface area (Å²) in [5.41, 5.74) is 7.38. The van der Waals surface area contributed by atoms with E-state index in [0.29, 0.717) is 11.5 Å². The van der Waals surface area contributed by atoms with E-state index in [4.69, 9.17) is 5.73 Å². The van der Waals surface area contributed by atoms with Gasteiger partial charge in [-0.15, -0.1) is 0 Å². The molecule has 3 atom stereocenters. The Morgan fingerprint density at radius 1 is 1.47 bits per heavy atom. The molecule has 3 rings (SSSR count). The van der Waals surface area contributed by atoms with E-state index in [1.165, 1.54) is 11.6 Å². The highest BCUT2D eigenvalue weighted by molar-refractivity contribution is 5.60. The largest absolute Gasteiger partial charge is 0.395 e. The van der Waals surface area contributed by atoms with Gasteiger partial charge in [-0.25, -0.2) is 4.39 Å². The second-order valence-electron chi connectivity index (χ2n) is 4.30. The minimum Gasteiger partial charge on any atom is -0.395 e. The van der Waals surface area contributed by atoms with E-state index in [1.807, 2.05) is 0 Å². The zero-order valence-corrected chi connectivity index (χ0v) is 8.15. The summed E-state index contributed by atoms with van der Waals surface area (Å²) in [6, 6.07) is 6.09. The maximum atomic E-state index is 13.5. The van der Waals surface area contributed by atoms with Gasteiger partial charge in [-0.1, -0.05) is 29.8 Å². The lowest BCUT2D eigenvalue weighted by molar-refractivity contribution is 0.179. The van der Waals surface area contributed by atoms with Gasteiger partial charge >= 0.3 is 0 Å². The van der Waals surface area contributed by atoms with Crippen molar-refractivity contribution in [1.82, 2.24) is 0 Å². The van der Waals surface area contributed by atoms with E-state index in [9.17, 15) is 9.50 Å². The number of fused-ring (bicyclic) bond motifs is 1. The summed E-state index contributed by atoms with van der Waals surface area (Å²) in [7, 11) is 0. The van der Waals surface area contributed by atoms with Crippen molar-refractivity contribution in [2.24, 2.45) is 17.1 Å². The first-order valence-corrected chi connectivity index (χ1v) is 5.05. The molecule has 0 aliphatic heterocycles. The molecular formula is C12H12FNO. The van der Waals surface area contributed by atoms with E-state index in [0.717, 1.165) is 0 Å². The lowest BCUT2D eigenvalue weighted by Crippen LogP contribution is -2.30. The molecule has 0 amide bonds. The van der Waals surface area contributed by atoms with Gasteiger partial charge in [0.15, 0.2) is 0 Å². The molecule has 3 N–H and O–H groups in total. The van der Waals surface area contributed by atoms with Crippen LogP contribution in [-0.2, 0) is 0 Å². The minimum atomic E-state index is -0.423. The summed E-state index contributed by atoms with van der Waals surface area (Å²) in [4.78, 5) is 0. The number of aliphatic hydroxyl groups is 1. The van der Waals surface area contributed by atoms with Gasteiger partial charge in [0.1, 0.15) is 5.82 Å². The van der Waals surface area contributed by atoms with Gasteiger partial charge in [-0.05, 0) is 6.07 Å². The zero-order valence-electron chi connectivity index (χ0n) is 8.15. The van der Waals surface area contributed by atoms with Crippen molar-refractivity contribution in [1.29, 1.82) is 0 Å². The number of hydrogen-bond donors (Lipinski definition) is 2. The Labute approximate surface area is 87.2 Å². The van der Waals surface area contributed by atoms with E-state index in [-0.39, 0.29) is 17.8 Å². The first kappa shape index (κ1) is 9.07. The van der Waals surface area contributed by atoms with Crippen molar-refractivity contribution in [3.05, 3.63) is 47.3 Å². The molecule has 0 spiro atoms. The number of aliphatic hydroxyl groups excluding tert-OH is 1. The highest BCUT2D eigenvalue weighted by Gasteiger charge is 2.70. The summed E-state index contributed by atoms with van der Waals surface area (Å²) >= 11 is 0. The zero-order chi connectivity index (χ0) is 10.6. The molecule has 1 saturated carbocycles. The molecule has 1 aromatic carbocycles. The molecule has 2 aliphatic rings. The fraction of sp³-hybridized carbons (Fsp3) is 0.333. The highest BCUT2D eigenvalue weighted by atomic mass is 19.1. The molecule has 0 saturated heterocycles. The predicted molar refractivity (Wildman–Crippen MR) is 54.4 cm³/mol. The van der Waals surface area contributed by atoms with Crippen LogP contribution in [0, 0.1) is 17.2 Å². The molecule has 0 radical (unpaired) electrons. The molecule has 78 valence electrons. The maximum Gasteiger partial charge on any atom is 0.128 e. The predicted octanol–water partition coefficient (Wildman–Crippen LogP) is 1.37. The van der Waals surface area contributed by atoms with Gasteiger partial charge in [0.2, 0.25) is 0 Å². The third kappa shape index (κ3) is 0.994. The van der Waals surface area contributed by atoms with Crippen molar-refractivity contribution < 1.29 is 9.50 Å². The van der Waals surface area contributed by atoms with Gasteiger partial charge in [0, 0.05) is 22.9 Å². The minimum absolute atomic E-state index is 0.0129. The average Bonchev–Trinajstić information content (AvgIpc) is 3.08. The number of halogens is 1. The quantitative estimate of drug-likeness (QED) is 0.732. The maximum absolute atomic E-state index is 13.5. The summed E-state index contributed by atoms with van der Waals surface area (Å²) in [6.07, 6.45) is 2.07. The first-order chi connectivity index (χ1) is 7.21. The smallest absolute Gasteiger partial charge is 0.128 e. The lowest BCUT2D eigenvalue weighted by atomic mass is 9.85. The molecule has 0 aromatic heterocycles. The van der Waals surface area contributed by atoms with Crippen LogP contribution in [0.4, 0.5) is 4.39 Å². The number of allylic oxidation sites excluding steroid dienone is 1. The van der Waals surface area contributed by atoms with Crippen LogP contribution in [0.15, 0.2) is 35.9 Å². The first-order valence-electron chi connectivity index (χ1n) is 5.05. The molecular weight excluding hydrogens is 193 g/mol. The third-order valence-electron chi connectivity index (χ3n) is 3.64. The van der Waals surface area contributed by atoms with Crippen molar-refractivity contribution in [3.63, 3.8) is 0 Å². The van der Waals surface area contributed by atoms with Gasteiger partial charge in [0.25, 0.3) is 0 Å². The van der Waals surface area contributed by atoms with Gasteiger partial charge in [0.05, 0.1) is 6.61 Å². The van der Waals surface area contributed by atoms with E-state index in [1.54, 1.807) is 18.2 Å². The van der Waals surface area contributed by atoms with Crippen molar-refractivity contribution in [2.75, 3.05) is 6.61 Å². The second-order valence-corrected chi connectivity index (χ2v) is 4.30. The van der Waals surface area contributed by atoms with Crippen LogP contribution in [-0.4, -0.2) is 11.7 Å². The monoisotopic (exact) mass is 205 g/mol. The Balaban J connectivity index is 1.95. The van der Waals surface area contributed by atoms with Gasteiger partial charge < -0.3 is 10.8 Å². The molecule has 1 aromatic rings. The van der Waals surface area contributed by atoms with Crippen molar-refractivity contribution >= 4 is 0 Å². The van der Waals surface area contributed by atoms with Crippen LogP contribution in [0.1, 0.15) is 11.6 Å². The van der Waals surface area contributed by atoms with E-state index >= 15 is 0 Å². The van der Waals surface area contributed by atoms with Crippen LogP contribution in [0.5, 0.6) is 0 Å². The molecule has 1 fully saturated rings. The molecule has 0 bridgehead atoms. The van der Waals surface area contributed by atoms with Crippen LogP contribution in [0.3, 0.4) is 0 Å². The van der Waals surface area contributed by atoms with Crippen LogP contribution in [0.25, 0.3) is 0 Å². The fourth-order valence-corrected chi connectivity index (χ4v) is 2.45. The van der Waals surface area contributed by atoms with Crippen LogP contribution >= 0.6 is 0 Å². The second kappa shape index (κ2) is 2.68. The van der Waals surface area contributed by atoms with E-state index < -0.39 is 6.04 Å². The Kier molecular flexibility index (Phi) is 1.62. The molecule has 2 aliphatic carbocycles. The standard InChI is InChI=1S/C12H12FNO/c13-10-4-2-1-3-7(10)11(14)12(6-15)8-5-9(8)12/h1-5,8,11,15H,6,14H2/t8?,11-,12?/m1/s1. The van der Waals surface area contributed by atoms with Gasteiger partial charge in [-0.2, -0.15) is 0 Å². The Hall–Kier alpha value is -1.19. The Morgan fingerprint density at radius 2 is 2.13 bits per heavy atom. The summed E-state index contributed by atoms with van der Waals surface area (Å²) in [6.45, 7) is 0.0129. The van der Waals surface area contributed by atoms with Crippen molar-refractivity contribution in [2.45, 2.75) is 6.04 Å². The molecule has 3 heteroatoms. The van der Waals surface area contributed by atoms with E-state index in [2.05, 4.69) is 6.08 Å². The van der Waals surface area contributed by atoms with Gasteiger partial charge in [-0.3, -0.25) is 0 Å². The summed E-state index contributed by atoms with van der Waals surface area (Å²) in [5, 5.41) is 9.34. The summed E-state index contributed by atoms with van der Waals surface area (Å²) in [5.74, 6) is 0.0434. The van der Waals surface area contributed by atoms with Crippen molar-refractivity contribution in [3.8, 4) is 0 Å². The highest BCUT2D eigenvalue weighted by Crippen LogP contribution is 2.75. The SMILES string of the molecule is N[C@H](c1ccccc1F)C1(CO)C2=CC21. The number of nitrogens with two attached hydrogens (primary N) is 1. The average molecular weight is 205 g/mol. The molecule has 2 nitrogen and oxygen atoms in total. The molecule has 15 heavy (non-hydrogen) atoms. The summed E-state index contributed by atoms with van der Waals surface area (Å²) < 4.78 is 13.5. The topological polar surface area (TPSA) is 46.2 Å². The van der Waals surface area contributed by atoms with Crippen LogP contribution in [0.2, 0.25) is 0 Å². The lowest BCUT2D eigenvalue weighted by Gasteiger charge is -2.24. The van der Waals surface area contributed by atoms with Crippen LogP contribution < -0.4 is 5.73 Å². The number of rotatable bonds is 3. The molecule has 0 heterocycles. The number of hydrogen-bond acceptors (Lipinski definition) is 2. The normalized spacial score (nSPS) is 33.0. The Morgan fingerprint density at radius 3 is 2.60 bits per heavy atom. The third-order valence-corrected chi connectivity index (χ3v) is 3.64.